The molecule has 0 heterocycles. The molecule has 2 heteroatoms. The van der Waals surface area contributed by atoms with Crippen molar-refractivity contribution in [3.8, 4) is 0 Å². The molecule has 0 aliphatic rings. The SMILES string of the molecule is CC=NC(CC)C/C=C/C=O.CCC(C)CC. The van der Waals surface area contributed by atoms with Crippen LogP contribution in [-0.4, -0.2) is 18.5 Å². The van der Waals surface area contributed by atoms with Crippen LogP contribution in [-0.2, 0) is 4.79 Å². The number of hydrogen-bond acceptors (Lipinski definition) is 2. The van der Waals surface area contributed by atoms with E-state index in [1.165, 1.54) is 18.9 Å². The molecule has 0 saturated heterocycles. The zero-order valence-electron chi connectivity index (χ0n) is 12.1. The third-order valence-corrected chi connectivity index (χ3v) is 2.85. The van der Waals surface area contributed by atoms with Gasteiger partial charge in [-0.25, -0.2) is 0 Å². The van der Waals surface area contributed by atoms with Crippen LogP contribution in [0.25, 0.3) is 0 Å². The van der Waals surface area contributed by atoms with E-state index in [9.17, 15) is 4.79 Å². The standard InChI is InChI=1S/C9H15NO.C6H14/c1-3-9(10-4-2)7-5-6-8-11;1-4-6(3)5-2/h4-6,8-9H,3,7H2,1-2H3;6H,4-5H2,1-3H3/b6-5+,10-4?;. The van der Waals surface area contributed by atoms with Crippen LogP contribution in [0.5, 0.6) is 0 Å². The first-order valence-electron chi connectivity index (χ1n) is 6.74. The summed E-state index contributed by atoms with van der Waals surface area (Å²) in [4.78, 5) is 14.1. The monoisotopic (exact) mass is 239 g/mol. The van der Waals surface area contributed by atoms with Crippen LogP contribution in [0.2, 0.25) is 0 Å². The first-order chi connectivity index (χ1) is 8.15. The number of aliphatic imine (C=N–C) groups is 1. The molecule has 0 radical (unpaired) electrons. The lowest BCUT2D eigenvalue weighted by Gasteiger charge is -2.03. The average molecular weight is 239 g/mol. The highest BCUT2D eigenvalue weighted by Gasteiger charge is 1.97. The van der Waals surface area contributed by atoms with Gasteiger partial charge in [-0.1, -0.05) is 46.6 Å². The Morgan fingerprint density at radius 2 is 1.71 bits per heavy atom. The van der Waals surface area contributed by atoms with Crippen molar-refractivity contribution in [1.82, 2.24) is 0 Å². The first-order valence-corrected chi connectivity index (χ1v) is 6.74. The Bertz CT molecular complexity index is 205. The molecule has 0 aromatic rings. The Morgan fingerprint density at radius 1 is 1.12 bits per heavy atom. The third kappa shape index (κ3) is 15.1. The molecular formula is C15H29NO. The molecule has 0 N–H and O–H groups in total. The summed E-state index contributed by atoms with van der Waals surface area (Å²) in [7, 11) is 0. The third-order valence-electron chi connectivity index (χ3n) is 2.85. The Kier molecular flexibility index (Phi) is 16.4. The van der Waals surface area contributed by atoms with E-state index in [-0.39, 0.29) is 0 Å². The maximum atomic E-state index is 9.91. The number of carbonyl (C=O) groups excluding carboxylic acids is 1. The van der Waals surface area contributed by atoms with Gasteiger partial charge in [0.25, 0.3) is 0 Å². The largest absolute Gasteiger partial charge is 0.299 e. The maximum absolute atomic E-state index is 9.91. The van der Waals surface area contributed by atoms with E-state index in [1.54, 1.807) is 0 Å². The van der Waals surface area contributed by atoms with Crippen molar-refractivity contribution < 1.29 is 4.79 Å². The van der Waals surface area contributed by atoms with Gasteiger partial charge in [-0.05, 0) is 38.0 Å². The Morgan fingerprint density at radius 3 is 2.00 bits per heavy atom. The van der Waals surface area contributed by atoms with E-state index in [0.29, 0.717) is 6.04 Å². The molecule has 0 aliphatic heterocycles. The minimum atomic E-state index is 0.344. The van der Waals surface area contributed by atoms with Crippen LogP contribution >= 0.6 is 0 Å². The smallest absolute Gasteiger partial charge is 0.142 e. The molecule has 0 aromatic heterocycles. The number of rotatable bonds is 7. The van der Waals surface area contributed by atoms with Crippen molar-refractivity contribution in [3.63, 3.8) is 0 Å². The van der Waals surface area contributed by atoms with Crippen molar-refractivity contribution in [3.05, 3.63) is 12.2 Å². The van der Waals surface area contributed by atoms with Crippen molar-refractivity contribution in [2.24, 2.45) is 10.9 Å². The van der Waals surface area contributed by atoms with Gasteiger partial charge in [0, 0.05) is 0 Å². The number of nitrogens with zero attached hydrogens (tertiary/aromatic N) is 1. The van der Waals surface area contributed by atoms with E-state index in [1.807, 2.05) is 19.2 Å². The second-order valence-corrected chi connectivity index (χ2v) is 4.19. The first kappa shape index (κ1) is 18.4. The molecule has 1 atom stereocenters. The normalized spacial score (nSPS) is 12.8. The quantitative estimate of drug-likeness (QED) is 0.367. The maximum Gasteiger partial charge on any atom is 0.142 e. The van der Waals surface area contributed by atoms with Gasteiger partial charge in [0.2, 0.25) is 0 Å². The minimum Gasteiger partial charge on any atom is -0.299 e. The molecule has 1 unspecified atom stereocenters. The van der Waals surface area contributed by atoms with Crippen LogP contribution in [0.1, 0.15) is 60.3 Å². The van der Waals surface area contributed by atoms with E-state index in [2.05, 4.69) is 32.7 Å². The lowest BCUT2D eigenvalue weighted by atomic mass is 10.1. The average Bonchev–Trinajstić information content (AvgIpc) is 2.37. The summed E-state index contributed by atoms with van der Waals surface area (Å²) in [6.45, 7) is 10.7. The number of aldehydes is 1. The molecule has 0 amide bonds. The highest BCUT2D eigenvalue weighted by atomic mass is 16.1. The second kappa shape index (κ2) is 15.1. The zero-order chi connectivity index (χ0) is 13.5. The summed E-state index contributed by atoms with van der Waals surface area (Å²) >= 11 is 0. The molecule has 100 valence electrons. The molecule has 0 rings (SSSR count). The van der Waals surface area contributed by atoms with Gasteiger partial charge in [-0.2, -0.15) is 0 Å². The van der Waals surface area contributed by atoms with Gasteiger partial charge in [0.15, 0.2) is 0 Å². The summed E-state index contributed by atoms with van der Waals surface area (Å²) in [6.07, 6.45) is 10.5. The summed E-state index contributed by atoms with van der Waals surface area (Å²) in [5.41, 5.74) is 0. The number of hydrogen-bond donors (Lipinski definition) is 0. The second-order valence-electron chi connectivity index (χ2n) is 4.19. The van der Waals surface area contributed by atoms with E-state index in [0.717, 1.165) is 25.0 Å². The molecule has 0 aromatic carbocycles. The molecule has 0 fully saturated rings. The van der Waals surface area contributed by atoms with Gasteiger partial charge < -0.3 is 0 Å². The Labute approximate surface area is 107 Å². The fourth-order valence-corrected chi connectivity index (χ4v) is 1.12. The van der Waals surface area contributed by atoms with Gasteiger partial charge in [0.1, 0.15) is 6.29 Å². The number of carbonyl (C=O) groups is 1. The van der Waals surface area contributed by atoms with Crippen LogP contribution < -0.4 is 0 Å². The highest BCUT2D eigenvalue weighted by molar-refractivity contribution is 5.64. The summed E-state index contributed by atoms with van der Waals surface area (Å²) in [6, 6.07) is 0.344. The predicted octanol–water partition coefficient (Wildman–Crippen LogP) is 4.44. The summed E-state index contributed by atoms with van der Waals surface area (Å²) in [5, 5.41) is 0. The van der Waals surface area contributed by atoms with Crippen LogP contribution in [0.15, 0.2) is 17.1 Å². The zero-order valence-corrected chi connectivity index (χ0v) is 12.1. The van der Waals surface area contributed by atoms with E-state index >= 15 is 0 Å². The van der Waals surface area contributed by atoms with Gasteiger partial charge >= 0.3 is 0 Å². The van der Waals surface area contributed by atoms with E-state index in [4.69, 9.17) is 0 Å². The lowest BCUT2D eigenvalue weighted by Crippen LogP contribution is -1.99. The van der Waals surface area contributed by atoms with E-state index < -0.39 is 0 Å². The van der Waals surface area contributed by atoms with Crippen molar-refractivity contribution in [2.45, 2.75) is 66.3 Å². The van der Waals surface area contributed by atoms with Gasteiger partial charge in [-0.3, -0.25) is 9.79 Å². The predicted molar refractivity (Wildman–Crippen MR) is 77.8 cm³/mol. The molecular weight excluding hydrogens is 210 g/mol. The van der Waals surface area contributed by atoms with Crippen molar-refractivity contribution in [2.75, 3.05) is 0 Å². The van der Waals surface area contributed by atoms with Gasteiger partial charge in [-0.15, -0.1) is 0 Å². The fraction of sp³-hybridized carbons (Fsp3) is 0.733. The lowest BCUT2D eigenvalue weighted by molar-refractivity contribution is -0.104. The van der Waals surface area contributed by atoms with Crippen LogP contribution in [0.3, 0.4) is 0 Å². The highest BCUT2D eigenvalue weighted by Crippen LogP contribution is 2.03. The molecule has 0 aliphatic carbocycles. The topological polar surface area (TPSA) is 29.4 Å². The molecule has 0 spiro atoms. The van der Waals surface area contributed by atoms with Crippen LogP contribution in [0.4, 0.5) is 0 Å². The fourth-order valence-electron chi connectivity index (χ4n) is 1.12. The van der Waals surface area contributed by atoms with Crippen LogP contribution in [0, 0.1) is 5.92 Å². The minimum absolute atomic E-state index is 0.344. The number of allylic oxidation sites excluding steroid dienone is 1. The Hall–Kier alpha value is -0.920. The molecule has 2 nitrogen and oxygen atoms in total. The molecule has 17 heavy (non-hydrogen) atoms. The summed E-state index contributed by atoms with van der Waals surface area (Å²) < 4.78 is 0. The van der Waals surface area contributed by atoms with Crippen molar-refractivity contribution in [1.29, 1.82) is 0 Å². The Balaban J connectivity index is 0. The van der Waals surface area contributed by atoms with Crippen molar-refractivity contribution >= 4 is 12.5 Å². The summed E-state index contributed by atoms with van der Waals surface area (Å²) in [5.74, 6) is 0.935. The van der Waals surface area contributed by atoms with Gasteiger partial charge in [0.05, 0.1) is 6.04 Å². The molecule has 0 saturated carbocycles. The molecule has 0 bridgehead atoms.